The van der Waals surface area contributed by atoms with Crippen molar-refractivity contribution in [3.05, 3.63) is 18.2 Å². The summed E-state index contributed by atoms with van der Waals surface area (Å²) in [5.41, 5.74) is 1.27. The summed E-state index contributed by atoms with van der Waals surface area (Å²) in [5.74, 6) is 0.839. The molecule has 98 valence electrons. The first-order chi connectivity index (χ1) is 8.69. The van der Waals surface area contributed by atoms with E-state index < -0.39 is 0 Å². The van der Waals surface area contributed by atoms with Crippen LogP contribution in [0.4, 0.5) is 0 Å². The van der Waals surface area contributed by atoms with Gasteiger partial charge in [0, 0.05) is 25.8 Å². The summed E-state index contributed by atoms with van der Waals surface area (Å²) in [5, 5.41) is 9.01. The van der Waals surface area contributed by atoms with Gasteiger partial charge in [0.15, 0.2) is 0 Å². The van der Waals surface area contributed by atoms with Gasteiger partial charge in [-0.15, -0.1) is 0 Å². The van der Waals surface area contributed by atoms with Crippen LogP contribution in [0.15, 0.2) is 12.5 Å². The Morgan fingerprint density at radius 1 is 1.56 bits per heavy atom. The summed E-state index contributed by atoms with van der Waals surface area (Å²) < 4.78 is 2.24. The van der Waals surface area contributed by atoms with E-state index in [1.165, 1.54) is 5.69 Å². The highest BCUT2D eigenvalue weighted by Gasteiger charge is 2.20. The minimum absolute atomic E-state index is 0.209. The Morgan fingerprint density at radius 2 is 2.39 bits per heavy atom. The van der Waals surface area contributed by atoms with Crippen LogP contribution in [0.1, 0.15) is 32.4 Å². The van der Waals surface area contributed by atoms with Crippen molar-refractivity contribution in [2.45, 2.75) is 39.8 Å². The van der Waals surface area contributed by atoms with E-state index in [2.05, 4.69) is 34.4 Å². The van der Waals surface area contributed by atoms with Crippen molar-refractivity contribution >= 4 is 0 Å². The second kappa shape index (κ2) is 6.01. The molecule has 2 rings (SSSR count). The van der Waals surface area contributed by atoms with Gasteiger partial charge in [-0.2, -0.15) is 5.26 Å². The number of aromatic nitrogens is 2. The molecule has 1 unspecified atom stereocenters. The maximum absolute atomic E-state index is 9.01. The molecule has 1 atom stereocenters. The molecule has 0 bridgehead atoms. The third-order valence-corrected chi connectivity index (χ3v) is 3.43. The average molecular weight is 246 g/mol. The van der Waals surface area contributed by atoms with Gasteiger partial charge in [-0.05, 0) is 25.3 Å². The monoisotopic (exact) mass is 246 g/mol. The lowest BCUT2D eigenvalue weighted by Gasteiger charge is -2.29. The Balaban J connectivity index is 1.97. The van der Waals surface area contributed by atoms with Gasteiger partial charge in [0.25, 0.3) is 0 Å². The molecule has 1 aliphatic heterocycles. The summed E-state index contributed by atoms with van der Waals surface area (Å²) in [6.07, 6.45) is 6.06. The minimum Gasteiger partial charge on any atom is -0.333 e. The molecule has 18 heavy (non-hydrogen) atoms. The van der Waals surface area contributed by atoms with Crippen LogP contribution in [0.3, 0.4) is 0 Å². The van der Waals surface area contributed by atoms with E-state index in [1.54, 1.807) is 0 Å². The lowest BCUT2D eigenvalue weighted by molar-refractivity contribution is 0.187. The van der Waals surface area contributed by atoms with E-state index >= 15 is 0 Å². The number of nitriles is 1. The second-order valence-electron chi connectivity index (χ2n) is 5.63. The standard InChI is InChI=1S/C14H22N4/c1-12(2)8-18-11-16-7-14(18)10-17-5-3-4-13(6-15)9-17/h7,11-13H,3-5,8-10H2,1-2H3. The molecule has 1 aromatic rings. The Kier molecular flexibility index (Phi) is 4.38. The first kappa shape index (κ1) is 13.1. The zero-order valence-corrected chi connectivity index (χ0v) is 11.3. The minimum atomic E-state index is 0.209. The molecule has 1 aromatic heterocycles. The van der Waals surface area contributed by atoms with Crippen LogP contribution in [-0.2, 0) is 13.1 Å². The lowest BCUT2D eigenvalue weighted by Crippen LogP contribution is -2.35. The van der Waals surface area contributed by atoms with Crippen LogP contribution >= 0.6 is 0 Å². The summed E-state index contributed by atoms with van der Waals surface area (Å²) in [6, 6.07) is 2.40. The highest BCUT2D eigenvalue weighted by atomic mass is 15.2. The zero-order chi connectivity index (χ0) is 13.0. The molecule has 0 saturated carbocycles. The van der Waals surface area contributed by atoms with Gasteiger partial charge in [0.2, 0.25) is 0 Å². The predicted octanol–water partition coefficient (Wildman–Crippen LogP) is 2.27. The topological polar surface area (TPSA) is 44.9 Å². The summed E-state index contributed by atoms with van der Waals surface area (Å²) in [6.45, 7) is 8.39. The number of piperidine rings is 1. The van der Waals surface area contributed by atoms with E-state index in [9.17, 15) is 0 Å². The van der Waals surface area contributed by atoms with Crippen LogP contribution in [0.25, 0.3) is 0 Å². The fourth-order valence-corrected chi connectivity index (χ4v) is 2.57. The second-order valence-corrected chi connectivity index (χ2v) is 5.63. The summed E-state index contributed by atoms with van der Waals surface area (Å²) in [7, 11) is 0. The Labute approximate surface area is 109 Å². The number of rotatable bonds is 4. The number of hydrogen-bond acceptors (Lipinski definition) is 3. The Morgan fingerprint density at radius 3 is 3.11 bits per heavy atom. The quantitative estimate of drug-likeness (QED) is 0.818. The van der Waals surface area contributed by atoms with E-state index in [1.807, 2.05) is 12.5 Å². The Hall–Kier alpha value is -1.34. The van der Waals surface area contributed by atoms with Gasteiger partial charge in [-0.3, -0.25) is 4.90 Å². The third kappa shape index (κ3) is 3.33. The molecule has 0 spiro atoms. The molecular formula is C14H22N4. The van der Waals surface area contributed by atoms with Crippen molar-refractivity contribution in [1.82, 2.24) is 14.5 Å². The number of likely N-dealkylation sites (tertiary alicyclic amines) is 1. The first-order valence-corrected chi connectivity index (χ1v) is 6.80. The maximum Gasteiger partial charge on any atom is 0.0948 e. The average Bonchev–Trinajstić information content (AvgIpc) is 2.76. The van der Waals surface area contributed by atoms with Crippen LogP contribution in [-0.4, -0.2) is 27.5 Å². The predicted molar refractivity (Wildman–Crippen MR) is 70.7 cm³/mol. The SMILES string of the molecule is CC(C)Cn1cncc1CN1CCCC(C#N)C1. The molecule has 2 heterocycles. The van der Waals surface area contributed by atoms with Crippen molar-refractivity contribution < 1.29 is 0 Å². The number of nitrogens with zero attached hydrogens (tertiary/aromatic N) is 4. The number of hydrogen-bond donors (Lipinski definition) is 0. The molecule has 0 radical (unpaired) electrons. The normalized spacial score (nSPS) is 21.1. The van der Waals surface area contributed by atoms with Crippen molar-refractivity contribution in [2.75, 3.05) is 13.1 Å². The highest BCUT2D eigenvalue weighted by molar-refractivity contribution is 5.00. The molecule has 4 nitrogen and oxygen atoms in total. The molecule has 0 aromatic carbocycles. The van der Waals surface area contributed by atoms with Gasteiger partial charge >= 0.3 is 0 Å². The van der Waals surface area contributed by atoms with E-state index in [0.29, 0.717) is 5.92 Å². The molecular weight excluding hydrogens is 224 g/mol. The van der Waals surface area contributed by atoms with Crippen LogP contribution in [0.5, 0.6) is 0 Å². The Bertz CT molecular complexity index is 416. The zero-order valence-electron chi connectivity index (χ0n) is 11.3. The van der Waals surface area contributed by atoms with Crippen molar-refractivity contribution in [2.24, 2.45) is 11.8 Å². The fourth-order valence-electron chi connectivity index (χ4n) is 2.57. The molecule has 0 aliphatic carbocycles. The van der Waals surface area contributed by atoms with Crippen LogP contribution in [0, 0.1) is 23.2 Å². The van der Waals surface area contributed by atoms with Gasteiger partial charge in [-0.1, -0.05) is 13.8 Å². The van der Waals surface area contributed by atoms with E-state index in [0.717, 1.165) is 39.0 Å². The summed E-state index contributed by atoms with van der Waals surface area (Å²) >= 11 is 0. The summed E-state index contributed by atoms with van der Waals surface area (Å²) in [4.78, 5) is 6.63. The fraction of sp³-hybridized carbons (Fsp3) is 0.714. The highest BCUT2D eigenvalue weighted by Crippen LogP contribution is 2.18. The molecule has 4 heteroatoms. The van der Waals surface area contributed by atoms with Crippen molar-refractivity contribution in [1.29, 1.82) is 5.26 Å². The molecule has 0 N–H and O–H groups in total. The molecule has 1 fully saturated rings. The molecule has 1 aliphatic rings. The number of imidazole rings is 1. The van der Waals surface area contributed by atoms with Crippen molar-refractivity contribution in [3.63, 3.8) is 0 Å². The van der Waals surface area contributed by atoms with Gasteiger partial charge in [0.05, 0.1) is 24.0 Å². The van der Waals surface area contributed by atoms with Gasteiger partial charge in [-0.25, -0.2) is 4.98 Å². The van der Waals surface area contributed by atoms with E-state index in [4.69, 9.17) is 5.26 Å². The van der Waals surface area contributed by atoms with E-state index in [-0.39, 0.29) is 5.92 Å². The maximum atomic E-state index is 9.01. The molecule has 0 amide bonds. The third-order valence-electron chi connectivity index (χ3n) is 3.43. The lowest BCUT2D eigenvalue weighted by atomic mass is 10.00. The van der Waals surface area contributed by atoms with Crippen LogP contribution < -0.4 is 0 Å². The smallest absolute Gasteiger partial charge is 0.0948 e. The molecule has 1 saturated heterocycles. The van der Waals surface area contributed by atoms with Gasteiger partial charge < -0.3 is 4.57 Å². The van der Waals surface area contributed by atoms with Crippen LogP contribution in [0.2, 0.25) is 0 Å². The van der Waals surface area contributed by atoms with Crippen molar-refractivity contribution in [3.8, 4) is 6.07 Å². The largest absolute Gasteiger partial charge is 0.333 e. The van der Waals surface area contributed by atoms with Gasteiger partial charge in [0.1, 0.15) is 0 Å². The first-order valence-electron chi connectivity index (χ1n) is 6.80.